The van der Waals surface area contributed by atoms with Crippen molar-refractivity contribution in [3.8, 4) is 5.88 Å². The zero-order valence-corrected chi connectivity index (χ0v) is 16.7. The van der Waals surface area contributed by atoms with Crippen LogP contribution in [0.3, 0.4) is 0 Å². The number of hydrogen-bond acceptors (Lipinski definition) is 7. The highest BCUT2D eigenvalue weighted by atomic mass is 32.1. The molecule has 0 aliphatic rings. The number of nitrogens with zero attached hydrogens (tertiary/aromatic N) is 4. The minimum absolute atomic E-state index is 0.268. The molecule has 0 unspecified atom stereocenters. The van der Waals surface area contributed by atoms with E-state index in [1.54, 1.807) is 37.2 Å². The Morgan fingerprint density at radius 1 is 1.41 bits per heavy atom. The number of hydrogen-bond donors (Lipinski definition) is 3. The lowest BCUT2D eigenvalue weighted by atomic mass is 10.2. The summed E-state index contributed by atoms with van der Waals surface area (Å²) >= 11 is 1.48. The number of nitrogens with one attached hydrogen (secondary N) is 3. The van der Waals surface area contributed by atoms with Crippen LogP contribution in [0.25, 0.3) is 10.3 Å². The highest BCUT2D eigenvalue weighted by Crippen LogP contribution is 2.30. The van der Waals surface area contributed by atoms with Crippen molar-refractivity contribution in [3.63, 3.8) is 0 Å². The number of fused-ring (bicyclic) bond motifs is 1. The van der Waals surface area contributed by atoms with Gasteiger partial charge in [0.05, 0.1) is 11.8 Å². The van der Waals surface area contributed by atoms with E-state index in [2.05, 4.69) is 25.5 Å². The lowest BCUT2D eigenvalue weighted by molar-refractivity contribution is 0.0942. The Labute approximate surface area is 170 Å². The number of H-pyrrole nitrogens is 1. The Morgan fingerprint density at radius 3 is 3.00 bits per heavy atom. The zero-order valence-electron chi connectivity index (χ0n) is 15.9. The molecule has 0 aliphatic carbocycles. The third-order valence-electron chi connectivity index (χ3n) is 4.55. The van der Waals surface area contributed by atoms with Gasteiger partial charge in [-0.2, -0.15) is 5.10 Å². The molecule has 29 heavy (non-hydrogen) atoms. The van der Waals surface area contributed by atoms with Gasteiger partial charge in [-0.15, -0.1) is 11.3 Å². The molecule has 1 amide bonds. The van der Waals surface area contributed by atoms with Crippen molar-refractivity contribution in [1.82, 2.24) is 30.0 Å². The molecule has 0 fully saturated rings. The predicted octanol–water partition coefficient (Wildman–Crippen LogP) is 2.28. The van der Waals surface area contributed by atoms with Crippen LogP contribution in [-0.4, -0.2) is 44.0 Å². The third kappa shape index (κ3) is 3.49. The van der Waals surface area contributed by atoms with E-state index in [0.29, 0.717) is 29.2 Å². The molecule has 4 aromatic heterocycles. The molecule has 4 heterocycles. The van der Waals surface area contributed by atoms with E-state index in [-0.39, 0.29) is 12.5 Å². The first-order valence-electron chi connectivity index (χ1n) is 8.85. The fraction of sp³-hybridized carbons (Fsp3) is 0.211. The largest absolute Gasteiger partial charge is 0.481 e. The summed E-state index contributed by atoms with van der Waals surface area (Å²) in [6.07, 6.45) is 5.17. The Morgan fingerprint density at radius 2 is 2.28 bits per heavy atom. The van der Waals surface area contributed by atoms with Gasteiger partial charge in [0.2, 0.25) is 5.88 Å². The summed E-state index contributed by atoms with van der Waals surface area (Å²) in [5.41, 5.74) is 3.39. The van der Waals surface area contributed by atoms with Crippen molar-refractivity contribution < 1.29 is 9.53 Å². The van der Waals surface area contributed by atoms with Crippen molar-refractivity contribution in [2.24, 2.45) is 7.05 Å². The summed E-state index contributed by atoms with van der Waals surface area (Å²) in [6, 6.07) is 5.53. The van der Waals surface area contributed by atoms with Crippen LogP contribution >= 0.6 is 11.3 Å². The number of thiazole rings is 1. The first-order chi connectivity index (χ1) is 14.1. The fourth-order valence-electron chi connectivity index (χ4n) is 3.18. The van der Waals surface area contributed by atoms with E-state index in [0.717, 1.165) is 21.0 Å². The van der Waals surface area contributed by atoms with Gasteiger partial charge in [-0.3, -0.25) is 9.89 Å². The van der Waals surface area contributed by atoms with Crippen LogP contribution in [0.15, 0.2) is 30.6 Å². The Balaban J connectivity index is 1.61. The highest BCUT2D eigenvalue weighted by Gasteiger charge is 2.23. The molecule has 4 rings (SSSR count). The van der Waals surface area contributed by atoms with Gasteiger partial charge in [0.15, 0.2) is 5.65 Å². The second-order valence-corrected chi connectivity index (χ2v) is 7.42. The number of carbonyl (C=O) groups excluding carboxylic acids is 1. The minimum atomic E-state index is -0.280. The van der Waals surface area contributed by atoms with E-state index in [1.807, 2.05) is 12.1 Å². The molecule has 9 nitrogen and oxygen atoms in total. The molecule has 0 spiro atoms. The Kier molecular flexibility index (Phi) is 5.09. The van der Waals surface area contributed by atoms with Crippen molar-refractivity contribution in [2.75, 3.05) is 7.11 Å². The number of aryl methyl sites for hydroxylation is 1. The molecule has 0 saturated heterocycles. The van der Waals surface area contributed by atoms with Gasteiger partial charge in [-0.25, -0.2) is 9.97 Å². The van der Waals surface area contributed by atoms with Gasteiger partial charge in [0.1, 0.15) is 10.7 Å². The van der Waals surface area contributed by atoms with Gasteiger partial charge in [0.25, 0.3) is 5.91 Å². The van der Waals surface area contributed by atoms with Gasteiger partial charge in [-0.05, 0) is 12.1 Å². The maximum atomic E-state index is 12.9. The third-order valence-corrected chi connectivity index (χ3v) is 5.63. The van der Waals surface area contributed by atoms with Crippen LogP contribution in [0.5, 0.6) is 5.88 Å². The van der Waals surface area contributed by atoms with Crippen LogP contribution in [0.4, 0.5) is 0 Å². The normalized spacial score (nSPS) is 11.0. The average Bonchev–Trinajstić information content (AvgIpc) is 3.44. The van der Waals surface area contributed by atoms with Crippen molar-refractivity contribution >= 4 is 33.8 Å². The molecule has 0 saturated carbocycles. The van der Waals surface area contributed by atoms with Crippen LogP contribution in [0.2, 0.25) is 0 Å². The number of ether oxygens (including phenoxy) is 1. The second-order valence-electron chi connectivity index (χ2n) is 6.34. The minimum Gasteiger partial charge on any atom is -0.481 e. The van der Waals surface area contributed by atoms with Gasteiger partial charge >= 0.3 is 0 Å². The van der Waals surface area contributed by atoms with Crippen LogP contribution in [0, 0.1) is 5.41 Å². The Bertz CT molecular complexity index is 1180. The number of amides is 1. The quantitative estimate of drug-likeness (QED) is 0.404. The van der Waals surface area contributed by atoms with Crippen molar-refractivity contribution in [3.05, 3.63) is 58.1 Å². The van der Waals surface area contributed by atoms with Crippen LogP contribution in [0.1, 0.15) is 32.3 Å². The molecule has 10 heteroatoms. The number of rotatable bonds is 7. The SMILES string of the molecule is COc1ncccc1CNC(=O)c1c(C=N)c2sc(Cc3ccn[nH]3)nc2n1C. The molecule has 0 aromatic carbocycles. The maximum Gasteiger partial charge on any atom is 0.268 e. The summed E-state index contributed by atoms with van der Waals surface area (Å²) in [6.45, 7) is 0.268. The molecule has 0 radical (unpaired) electrons. The number of aromatic amines is 1. The van der Waals surface area contributed by atoms with E-state index in [4.69, 9.17) is 10.1 Å². The molecule has 0 atom stereocenters. The lowest BCUT2D eigenvalue weighted by Crippen LogP contribution is -2.26. The predicted molar refractivity (Wildman–Crippen MR) is 110 cm³/mol. The molecule has 3 N–H and O–H groups in total. The van der Waals surface area contributed by atoms with Gasteiger partial charge < -0.3 is 20.0 Å². The van der Waals surface area contributed by atoms with Gasteiger partial charge in [-0.1, -0.05) is 6.07 Å². The van der Waals surface area contributed by atoms with Crippen molar-refractivity contribution in [2.45, 2.75) is 13.0 Å². The maximum absolute atomic E-state index is 12.9. The summed E-state index contributed by atoms with van der Waals surface area (Å²) in [4.78, 5) is 21.7. The first-order valence-corrected chi connectivity index (χ1v) is 9.67. The summed E-state index contributed by atoms with van der Waals surface area (Å²) in [5.74, 6) is 0.190. The van der Waals surface area contributed by atoms with E-state index in [9.17, 15) is 4.79 Å². The molecular formula is C19H19N7O2S. The van der Waals surface area contributed by atoms with E-state index in [1.165, 1.54) is 17.6 Å². The number of carbonyl (C=O) groups is 1. The average molecular weight is 409 g/mol. The van der Waals surface area contributed by atoms with E-state index < -0.39 is 0 Å². The zero-order chi connectivity index (χ0) is 20.4. The standard InChI is InChI=1S/C19H19N7O2S/c1-26-15(18(27)22-10-11-4-3-6-21-19(11)28-2)13(9-20)16-17(26)24-14(29-16)8-12-5-7-23-25-12/h3-7,9,20H,8,10H2,1-2H3,(H,22,27)(H,23,25). The van der Waals surface area contributed by atoms with E-state index >= 15 is 0 Å². The van der Waals surface area contributed by atoms with Crippen LogP contribution < -0.4 is 10.1 Å². The lowest BCUT2D eigenvalue weighted by Gasteiger charge is -2.10. The molecule has 0 bridgehead atoms. The fourth-order valence-corrected chi connectivity index (χ4v) is 4.32. The van der Waals surface area contributed by atoms with Crippen LogP contribution in [-0.2, 0) is 20.0 Å². The molecule has 0 aliphatic heterocycles. The summed E-state index contributed by atoms with van der Waals surface area (Å²) in [5, 5.41) is 18.5. The monoisotopic (exact) mass is 409 g/mol. The second kappa shape index (κ2) is 7.84. The highest BCUT2D eigenvalue weighted by molar-refractivity contribution is 7.19. The Hall–Kier alpha value is -3.53. The summed E-state index contributed by atoms with van der Waals surface area (Å²) < 4.78 is 7.78. The number of methoxy groups -OCH3 is 1. The molecule has 148 valence electrons. The van der Waals surface area contributed by atoms with Gasteiger partial charge in [0, 0.05) is 55.4 Å². The first kappa shape index (κ1) is 18.8. The topological polar surface area (TPSA) is 122 Å². The number of aromatic nitrogens is 5. The van der Waals surface area contributed by atoms with Crippen molar-refractivity contribution in [1.29, 1.82) is 5.41 Å². The molecule has 4 aromatic rings. The molecular weight excluding hydrogens is 390 g/mol. The summed E-state index contributed by atoms with van der Waals surface area (Å²) in [7, 11) is 3.33. The smallest absolute Gasteiger partial charge is 0.268 e. The number of pyridine rings is 1.